The van der Waals surface area contributed by atoms with E-state index in [1.54, 1.807) is 36.4 Å². The lowest BCUT2D eigenvalue weighted by atomic mass is 10.1. The fraction of sp³-hybridized carbons (Fsp3) is 0.136. The van der Waals surface area contributed by atoms with E-state index in [0.717, 1.165) is 10.6 Å². The van der Waals surface area contributed by atoms with Gasteiger partial charge in [0.05, 0.1) is 29.5 Å². The number of hydrogen-bond acceptors (Lipinski definition) is 11. The van der Waals surface area contributed by atoms with Crippen LogP contribution in [0.3, 0.4) is 0 Å². The number of carbonyl (C=O) groups is 1. The quantitative estimate of drug-likeness (QED) is 0.165. The fourth-order valence-electron chi connectivity index (χ4n) is 3.02. The summed E-state index contributed by atoms with van der Waals surface area (Å²) in [6.07, 6.45) is 0.895. The lowest BCUT2D eigenvalue weighted by Gasteiger charge is -2.25. The van der Waals surface area contributed by atoms with Gasteiger partial charge in [0.1, 0.15) is 5.75 Å². The first-order chi connectivity index (χ1) is 17.0. The van der Waals surface area contributed by atoms with Crippen molar-refractivity contribution >= 4 is 27.4 Å². The second-order valence-corrected chi connectivity index (χ2v) is 9.21. The van der Waals surface area contributed by atoms with Crippen LogP contribution in [0, 0.1) is 5.21 Å². The highest BCUT2D eigenvalue weighted by Crippen LogP contribution is 2.35. The number of ether oxygens (including phenoxy) is 2. The lowest BCUT2D eigenvalue weighted by Crippen LogP contribution is -2.99. The van der Waals surface area contributed by atoms with Crippen LogP contribution in [-0.2, 0) is 26.2 Å². The molecule has 1 unspecified atom stereocenters. The Morgan fingerprint density at radius 1 is 1.03 bits per heavy atom. The number of esters is 1. The van der Waals surface area contributed by atoms with E-state index >= 15 is 0 Å². The molecule has 0 amide bonds. The molecular formula is C22H23N3O10S. The molecule has 0 fully saturated rings. The molecular weight excluding hydrogens is 498 g/mol. The van der Waals surface area contributed by atoms with Crippen LogP contribution in [0.5, 0.6) is 11.5 Å². The number of nitrogens with one attached hydrogen (secondary N) is 1. The number of anilines is 1. The van der Waals surface area contributed by atoms with E-state index in [4.69, 9.17) is 19.9 Å². The van der Waals surface area contributed by atoms with Crippen LogP contribution in [0.15, 0.2) is 72.8 Å². The van der Waals surface area contributed by atoms with E-state index in [0.29, 0.717) is 11.3 Å². The molecule has 0 bridgehead atoms. The summed E-state index contributed by atoms with van der Waals surface area (Å²) in [6.45, 7) is -1.00. The molecule has 0 aliphatic rings. The molecule has 3 rings (SSSR count). The second-order valence-electron chi connectivity index (χ2n) is 7.30. The number of carbonyl (C=O) groups excluding carboxylic acids is 1. The van der Waals surface area contributed by atoms with Gasteiger partial charge in [-0.2, -0.15) is 5.23 Å². The fourth-order valence-corrected chi connectivity index (χ4v) is 3.77. The first-order valence-electron chi connectivity index (χ1n) is 10.2. The molecule has 0 saturated heterocycles. The molecule has 0 aliphatic heterocycles. The Morgan fingerprint density at radius 2 is 1.75 bits per heavy atom. The van der Waals surface area contributed by atoms with Crippen molar-refractivity contribution in [2.75, 3.05) is 17.3 Å². The van der Waals surface area contributed by atoms with Crippen LogP contribution in [0.2, 0.25) is 0 Å². The number of sulfonamides is 1. The summed E-state index contributed by atoms with van der Waals surface area (Å²) >= 11 is 0. The first kappa shape index (κ1) is 27.0. The van der Waals surface area contributed by atoms with Crippen LogP contribution in [-0.4, -0.2) is 48.4 Å². The molecule has 4 N–H and O–H groups in total. The van der Waals surface area contributed by atoms with Gasteiger partial charge in [-0.1, -0.05) is 30.3 Å². The number of nitrogens with zero attached hydrogens (tertiary/aromatic N) is 2. The van der Waals surface area contributed by atoms with Gasteiger partial charge in [-0.25, -0.2) is 27.6 Å². The lowest BCUT2D eigenvalue weighted by molar-refractivity contribution is -0.991. The summed E-state index contributed by atoms with van der Waals surface area (Å²) in [4.78, 5) is 17.1. The zero-order valence-electron chi connectivity index (χ0n) is 18.8. The van der Waals surface area contributed by atoms with Crippen molar-refractivity contribution in [2.24, 2.45) is 0 Å². The maximum Gasteiger partial charge on any atom is 0.339 e. The Labute approximate surface area is 205 Å². The number of rotatable bonds is 11. The standard InChI is InChI=1S/C22H23N3O10S/c1-36(31,32)23(15-33-22(26)17-7-5-6-16(12-17)14-34-25(29)30)20-11-10-18(24(27)28)13-21(20)35-19-8-3-2-4-9-19/h2-13,24,27,29-30H,14-15H2,1H3. The van der Waals surface area contributed by atoms with Crippen molar-refractivity contribution in [3.63, 3.8) is 0 Å². The van der Waals surface area contributed by atoms with Crippen molar-refractivity contribution in [3.8, 4) is 11.5 Å². The first-order valence-corrected chi connectivity index (χ1v) is 12.0. The van der Waals surface area contributed by atoms with E-state index < -0.39 is 33.3 Å². The highest BCUT2D eigenvalue weighted by molar-refractivity contribution is 7.92. The highest BCUT2D eigenvalue weighted by Gasteiger charge is 2.25. The van der Waals surface area contributed by atoms with Crippen LogP contribution in [0.25, 0.3) is 0 Å². The molecule has 1 atom stereocenters. The van der Waals surface area contributed by atoms with Gasteiger partial charge in [-0.05, 0) is 35.9 Å². The van der Waals surface area contributed by atoms with E-state index in [1.807, 2.05) is 0 Å². The van der Waals surface area contributed by atoms with Crippen molar-refractivity contribution in [2.45, 2.75) is 6.61 Å². The minimum atomic E-state index is -4.02. The summed E-state index contributed by atoms with van der Waals surface area (Å²) < 4.78 is 36.9. The predicted molar refractivity (Wildman–Crippen MR) is 123 cm³/mol. The second kappa shape index (κ2) is 11.9. The van der Waals surface area contributed by atoms with Crippen LogP contribution in [0.4, 0.5) is 11.4 Å². The van der Waals surface area contributed by atoms with E-state index in [1.165, 1.54) is 36.4 Å². The van der Waals surface area contributed by atoms with Gasteiger partial charge < -0.3 is 14.7 Å². The Bertz CT molecular complexity index is 1290. The number of benzene rings is 3. The smallest absolute Gasteiger partial charge is 0.339 e. The summed E-state index contributed by atoms with van der Waals surface area (Å²) in [7, 11) is -4.02. The zero-order chi connectivity index (χ0) is 26.3. The summed E-state index contributed by atoms with van der Waals surface area (Å²) in [5, 5.41) is 36.4. The minimum absolute atomic E-state index is 0.0488. The Hall–Kier alpha value is -3.60. The van der Waals surface area contributed by atoms with Gasteiger partial charge in [0, 0.05) is 12.1 Å². The minimum Gasteiger partial charge on any atom is -0.595 e. The highest BCUT2D eigenvalue weighted by atomic mass is 32.2. The maximum absolute atomic E-state index is 12.6. The predicted octanol–water partition coefficient (Wildman–Crippen LogP) is 1.97. The van der Waals surface area contributed by atoms with E-state index in [-0.39, 0.29) is 29.3 Å². The van der Waals surface area contributed by atoms with E-state index in [2.05, 4.69) is 4.84 Å². The Kier molecular flexibility index (Phi) is 8.92. The summed E-state index contributed by atoms with van der Waals surface area (Å²) in [5.74, 6) is -0.627. The van der Waals surface area contributed by atoms with Crippen LogP contribution in [0.1, 0.15) is 15.9 Å². The molecule has 0 radical (unpaired) electrons. The molecule has 0 spiro atoms. The van der Waals surface area contributed by atoms with Gasteiger partial charge in [0.25, 0.3) is 0 Å². The number of hydrogen-bond donors (Lipinski definition) is 4. The Balaban J connectivity index is 1.87. The summed E-state index contributed by atoms with van der Waals surface area (Å²) in [6, 6.07) is 17.8. The van der Waals surface area contributed by atoms with Gasteiger partial charge >= 0.3 is 5.97 Å². The third-order valence-corrected chi connectivity index (χ3v) is 5.77. The van der Waals surface area contributed by atoms with Crippen molar-refractivity contribution in [1.82, 2.24) is 5.39 Å². The van der Waals surface area contributed by atoms with Crippen molar-refractivity contribution in [1.29, 1.82) is 0 Å². The molecule has 192 valence electrons. The third-order valence-electron chi connectivity index (χ3n) is 4.67. The van der Waals surface area contributed by atoms with Gasteiger partial charge in [-0.3, -0.25) is 10.4 Å². The SMILES string of the molecule is CS(=O)(=O)N(COC(=O)c1cccc(CON(O)O)c1)c1ccc([NH+]([O-])O)cc1Oc1ccccc1. The van der Waals surface area contributed by atoms with Crippen molar-refractivity contribution < 1.29 is 48.4 Å². The molecule has 13 nitrogen and oxygen atoms in total. The molecule has 3 aromatic rings. The number of quaternary nitrogens is 1. The largest absolute Gasteiger partial charge is 0.595 e. The zero-order valence-corrected chi connectivity index (χ0v) is 19.7. The molecule has 36 heavy (non-hydrogen) atoms. The molecule has 0 saturated carbocycles. The van der Waals surface area contributed by atoms with E-state index in [9.17, 15) is 23.6 Å². The molecule has 3 aromatic carbocycles. The van der Waals surface area contributed by atoms with Gasteiger partial charge in [0.2, 0.25) is 10.0 Å². The molecule has 0 aromatic heterocycles. The monoisotopic (exact) mass is 521 g/mol. The summed E-state index contributed by atoms with van der Waals surface area (Å²) in [5.41, 5.74) is 0.264. The van der Waals surface area contributed by atoms with Gasteiger partial charge in [0.15, 0.2) is 18.2 Å². The third kappa shape index (κ3) is 7.45. The molecule has 0 heterocycles. The normalized spacial score (nSPS) is 12.3. The Morgan fingerprint density at radius 3 is 2.39 bits per heavy atom. The number of para-hydroxylation sites is 1. The average molecular weight is 522 g/mol. The van der Waals surface area contributed by atoms with Crippen LogP contribution >= 0.6 is 0 Å². The average Bonchev–Trinajstić information content (AvgIpc) is 2.83. The maximum atomic E-state index is 12.6. The topological polar surface area (TPSA) is 174 Å². The van der Waals surface area contributed by atoms with Crippen LogP contribution < -0.4 is 14.3 Å². The molecule has 0 aliphatic carbocycles. The van der Waals surface area contributed by atoms with Crippen molar-refractivity contribution in [3.05, 3.63) is 89.1 Å². The van der Waals surface area contributed by atoms with Gasteiger partial charge in [-0.15, -0.1) is 0 Å². The molecule has 14 heteroatoms.